The summed E-state index contributed by atoms with van der Waals surface area (Å²) in [6.07, 6.45) is 62.1. The van der Waals surface area contributed by atoms with Crippen molar-refractivity contribution in [1.29, 1.82) is 0 Å². The summed E-state index contributed by atoms with van der Waals surface area (Å²) in [5.41, 5.74) is 0. The molecule has 0 aromatic carbocycles. The summed E-state index contributed by atoms with van der Waals surface area (Å²) in [5.74, 6) is -0.198. The standard InChI is InChI=1S/C77H147NO13/c1-3-5-7-9-11-13-15-17-19-21-23-25-27-29-30-31-32-33-34-35-36-37-39-41-43-45-47-49-51-53-55-57-59-61-69(82)78-65(64-88-76-74(87)72(85)75(68(63-80)90-76)91-77-73(86)71(84)70(83)67(62-79)89-77)66(81)60-58-56-54-52-50-48-46-44-42-40-38-28-26-24-22-20-18-16-14-12-10-8-6-4-2/h15,17,21,23,65-68,70-77,79-81,83-87H,3-14,16,18-20,22,24-64H2,1-2H3,(H,78,82)/b17-15-,23-21-. The Bertz CT molecular complexity index is 1620. The van der Waals surface area contributed by atoms with Crippen LogP contribution in [0.25, 0.3) is 0 Å². The average molecular weight is 1300 g/mol. The Kier molecular flexibility index (Phi) is 58.3. The molecular weight excluding hydrogens is 1150 g/mol. The highest BCUT2D eigenvalue weighted by molar-refractivity contribution is 5.76. The number of aliphatic hydroxyl groups is 8. The van der Waals surface area contributed by atoms with Crippen molar-refractivity contribution in [2.24, 2.45) is 0 Å². The Hall–Kier alpha value is -1.53. The third kappa shape index (κ3) is 45.6. The molecular formula is C77H147NO13. The van der Waals surface area contributed by atoms with Crippen LogP contribution in [0.5, 0.6) is 0 Å². The van der Waals surface area contributed by atoms with E-state index in [2.05, 4.69) is 43.5 Å². The minimum absolute atomic E-state index is 0.198. The van der Waals surface area contributed by atoms with E-state index in [-0.39, 0.29) is 12.5 Å². The van der Waals surface area contributed by atoms with Crippen molar-refractivity contribution in [1.82, 2.24) is 5.32 Å². The van der Waals surface area contributed by atoms with Gasteiger partial charge in [-0.2, -0.15) is 0 Å². The number of allylic oxidation sites excluding steroid dienone is 4. The highest BCUT2D eigenvalue weighted by Crippen LogP contribution is 2.30. The van der Waals surface area contributed by atoms with Crippen LogP contribution in [0.15, 0.2) is 24.3 Å². The number of nitrogens with one attached hydrogen (secondary N) is 1. The topological polar surface area (TPSA) is 228 Å². The summed E-state index contributed by atoms with van der Waals surface area (Å²) in [6, 6.07) is -0.828. The smallest absolute Gasteiger partial charge is 0.220 e. The molecule has 2 rings (SSSR count). The van der Waals surface area contributed by atoms with E-state index < -0.39 is 86.8 Å². The average Bonchev–Trinajstić information content (AvgIpc) is 1.28. The lowest BCUT2D eigenvalue weighted by molar-refractivity contribution is -0.359. The molecule has 14 heteroatoms. The van der Waals surface area contributed by atoms with Crippen LogP contribution in [0, 0.1) is 0 Å². The number of hydrogen-bond acceptors (Lipinski definition) is 13. The summed E-state index contributed by atoms with van der Waals surface area (Å²) in [4.78, 5) is 13.4. The summed E-state index contributed by atoms with van der Waals surface area (Å²) in [6.45, 7) is 2.92. The molecule has 0 aliphatic carbocycles. The maximum absolute atomic E-state index is 13.4. The van der Waals surface area contributed by atoms with Crippen molar-refractivity contribution in [2.75, 3.05) is 19.8 Å². The number of carbonyl (C=O) groups excluding carboxylic acids is 1. The number of aliphatic hydroxyl groups excluding tert-OH is 8. The molecule has 1 amide bonds. The van der Waals surface area contributed by atoms with Gasteiger partial charge in [0, 0.05) is 6.42 Å². The maximum Gasteiger partial charge on any atom is 0.220 e. The van der Waals surface area contributed by atoms with E-state index in [0.29, 0.717) is 12.8 Å². The zero-order chi connectivity index (χ0) is 65.9. The first kappa shape index (κ1) is 85.6. The maximum atomic E-state index is 13.4. The molecule has 0 aromatic rings. The molecule has 538 valence electrons. The van der Waals surface area contributed by atoms with Gasteiger partial charge in [0.2, 0.25) is 5.91 Å². The predicted molar refractivity (Wildman–Crippen MR) is 374 cm³/mol. The molecule has 0 radical (unpaired) electrons. The number of carbonyl (C=O) groups is 1. The zero-order valence-electron chi connectivity index (χ0n) is 58.9. The first-order chi connectivity index (χ1) is 44.6. The van der Waals surface area contributed by atoms with Gasteiger partial charge < -0.3 is 65.1 Å². The molecule has 0 spiro atoms. The Labute approximate surface area is 558 Å². The molecule has 14 nitrogen and oxygen atoms in total. The van der Waals surface area contributed by atoms with Crippen LogP contribution in [0.2, 0.25) is 0 Å². The van der Waals surface area contributed by atoms with Gasteiger partial charge in [-0.3, -0.25) is 4.79 Å². The second-order valence-electron chi connectivity index (χ2n) is 27.8. The van der Waals surface area contributed by atoms with Crippen LogP contribution in [-0.4, -0.2) is 140 Å². The van der Waals surface area contributed by atoms with Gasteiger partial charge in [-0.25, -0.2) is 0 Å². The zero-order valence-corrected chi connectivity index (χ0v) is 58.9. The van der Waals surface area contributed by atoms with Crippen LogP contribution in [0.1, 0.15) is 367 Å². The van der Waals surface area contributed by atoms with Gasteiger partial charge in [0.15, 0.2) is 12.6 Å². The van der Waals surface area contributed by atoms with E-state index in [4.69, 9.17) is 18.9 Å². The summed E-state index contributed by atoms with van der Waals surface area (Å²) >= 11 is 0. The molecule has 0 saturated carbocycles. The fourth-order valence-electron chi connectivity index (χ4n) is 13.2. The normalized spacial score (nSPS) is 22.8. The van der Waals surface area contributed by atoms with Crippen LogP contribution in [0.4, 0.5) is 0 Å². The number of amides is 1. The van der Waals surface area contributed by atoms with E-state index in [0.717, 1.165) is 57.8 Å². The minimum Gasteiger partial charge on any atom is -0.394 e. The molecule has 0 aromatic heterocycles. The molecule has 91 heavy (non-hydrogen) atoms. The minimum atomic E-state index is -1.78. The number of rotatable bonds is 66. The number of ether oxygens (including phenoxy) is 4. The van der Waals surface area contributed by atoms with E-state index in [1.165, 1.54) is 283 Å². The lowest BCUT2D eigenvalue weighted by Crippen LogP contribution is -2.65. The molecule has 2 saturated heterocycles. The van der Waals surface area contributed by atoms with Crippen LogP contribution >= 0.6 is 0 Å². The molecule has 12 atom stereocenters. The first-order valence-corrected chi connectivity index (χ1v) is 39.1. The Morgan fingerprint density at radius 1 is 0.396 bits per heavy atom. The van der Waals surface area contributed by atoms with Crippen molar-refractivity contribution >= 4 is 5.91 Å². The van der Waals surface area contributed by atoms with E-state index in [1.54, 1.807) is 0 Å². The Balaban J connectivity index is 1.61. The fraction of sp³-hybridized carbons (Fsp3) is 0.935. The monoisotopic (exact) mass is 1290 g/mol. The van der Waals surface area contributed by atoms with Crippen molar-refractivity contribution < 1.29 is 64.6 Å². The van der Waals surface area contributed by atoms with Crippen molar-refractivity contribution in [2.45, 2.75) is 441 Å². The SMILES string of the molecule is CCCCCCC/C=C\C/C=C\CCCCCCCCCCCCCCCCCCCCCCCC(=O)NC(COC1OC(CO)C(OC2OC(CO)C(O)C(O)C2O)C(O)C1O)C(O)CCCCCCCCCCCCCCCCCCCCCCCCCC. The third-order valence-electron chi connectivity index (χ3n) is 19.4. The molecule has 2 aliphatic rings. The van der Waals surface area contributed by atoms with Crippen molar-refractivity contribution in [3.63, 3.8) is 0 Å². The molecule has 2 heterocycles. The summed E-state index contributed by atoms with van der Waals surface area (Å²) in [7, 11) is 0. The third-order valence-corrected chi connectivity index (χ3v) is 19.4. The van der Waals surface area contributed by atoms with Crippen molar-refractivity contribution in [3.8, 4) is 0 Å². The van der Waals surface area contributed by atoms with E-state index in [9.17, 15) is 45.6 Å². The molecule has 2 fully saturated rings. The lowest BCUT2D eigenvalue weighted by Gasteiger charge is -2.46. The Morgan fingerprint density at radius 2 is 0.725 bits per heavy atom. The largest absolute Gasteiger partial charge is 0.394 e. The van der Waals surface area contributed by atoms with Crippen LogP contribution in [0.3, 0.4) is 0 Å². The van der Waals surface area contributed by atoms with Crippen molar-refractivity contribution in [3.05, 3.63) is 24.3 Å². The van der Waals surface area contributed by atoms with Gasteiger partial charge in [0.05, 0.1) is 32.0 Å². The second-order valence-corrected chi connectivity index (χ2v) is 27.8. The van der Waals surface area contributed by atoms with Gasteiger partial charge >= 0.3 is 0 Å². The van der Waals surface area contributed by atoms with Gasteiger partial charge in [0.1, 0.15) is 48.8 Å². The second kappa shape index (κ2) is 62.0. The van der Waals surface area contributed by atoms with Crippen LogP contribution in [-0.2, 0) is 23.7 Å². The Morgan fingerprint density at radius 3 is 1.10 bits per heavy atom. The molecule has 9 N–H and O–H groups in total. The van der Waals surface area contributed by atoms with Gasteiger partial charge in [-0.15, -0.1) is 0 Å². The quantitative estimate of drug-likeness (QED) is 0.0204. The molecule has 12 unspecified atom stereocenters. The molecule has 0 bridgehead atoms. The van der Waals surface area contributed by atoms with Gasteiger partial charge in [-0.1, -0.05) is 340 Å². The fourth-order valence-corrected chi connectivity index (χ4v) is 13.2. The highest BCUT2D eigenvalue weighted by atomic mass is 16.7. The van der Waals surface area contributed by atoms with Gasteiger partial charge in [0.25, 0.3) is 0 Å². The predicted octanol–water partition coefficient (Wildman–Crippen LogP) is 17.1. The van der Waals surface area contributed by atoms with Crippen LogP contribution < -0.4 is 5.32 Å². The first-order valence-electron chi connectivity index (χ1n) is 39.1. The highest BCUT2D eigenvalue weighted by Gasteiger charge is 2.51. The van der Waals surface area contributed by atoms with E-state index in [1.807, 2.05) is 0 Å². The summed E-state index contributed by atoms with van der Waals surface area (Å²) in [5, 5.41) is 87.8. The lowest BCUT2D eigenvalue weighted by atomic mass is 9.97. The molecule has 2 aliphatic heterocycles. The van der Waals surface area contributed by atoms with Gasteiger partial charge in [-0.05, 0) is 44.9 Å². The number of unbranched alkanes of at least 4 members (excludes halogenated alkanes) is 49. The number of hydrogen-bond donors (Lipinski definition) is 9. The summed E-state index contributed by atoms with van der Waals surface area (Å²) < 4.78 is 23.0. The van der Waals surface area contributed by atoms with E-state index >= 15 is 0 Å².